The maximum atomic E-state index is 6.36. The van der Waals surface area contributed by atoms with Gasteiger partial charge in [-0.05, 0) is 82.8 Å². The first-order valence-electron chi connectivity index (χ1n) is 12.2. The molecule has 1 aromatic rings. The molecule has 1 saturated heterocycles. The van der Waals surface area contributed by atoms with E-state index >= 15 is 0 Å². The maximum absolute atomic E-state index is 6.36. The summed E-state index contributed by atoms with van der Waals surface area (Å²) in [7, 11) is -0.315. The van der Waals surface area contributed by atoms with Crippen LogP contribution in [0.25, 0.3) is 0 Å². The Morgan fingerprint density at radius 3 is 1.97 bits per heavy atom. The quantitative estimate of drug-likeness (QED) is 0.366. The molecule has 2 fully saturated rings. The van der Waals surface area contributed by atoms with Gasteiger partial charge in [0.15, 0.2) is 0 Å². The molecule has 3 rings (SSSR count). The Morgan fingerprint density at radius 2 is 1.43 bits per heavy atom. The summed E-state index contributed by atoms with van der Waals surface area (Å²) in [6, 6.07) is 4.35. The predicted molar refractivity (Wildman–Crippen MR) is 127 cm³/mol. The van der Waals surface area contributed by atoms with Gasteiger partial charge in [-0.15, -0.1) is 0 Å². The fraction of sp³-hybridized carbons (Fsp3) is 0.769. The molecule has 1 saturated carbocycles. The third-order valence-electron chi connectivity index (χ3n) is 7.65. The van der Waals surface area contributed by atoms with Crippen molar-refractivity contribution in [2.75, 3.05) is 6.61 Å². The third-order valence-corrected chi connectivity index (χ3v) is 7.65. The van der Waals surface area contributed by atoms with E-state index in [2.05, 4.69) is 60.6 Å². The molecule has 0 amide bonds. The lowest BCUT2D eigenvalue weighted by molar-refractivity contribution is 0.00578. The number of unbranched alkanes of at least 4 members (excludes halogenated alkanes) is 2. The predicted octanol–water partition coefficient (Wildman–Crippen LogP) is 6.37. The molecule has 2 aliphatic rings. The van der Waals surface area contributed by atoms with E-state index < -0.39 is 0 Å². The second-order valence-electron chi connectivity index (χ2n) is 10.8. The summed E-state index contributed by atoms with van der Waals surface area (Å²) >= 11 is 0. The Morgan fingerprint density at radius 1 is 0.900 bits per heavy atom. The van der Waals surface area contributed by atoms with Crippen molar-refractivity contribution in [2.45, 2.75) is 111 Å². The van der Waals surface area contributed by atoms with E-state index in [1.807, 2.05) is 0 Å². The van der Waals surface area contributed by atoms with Crippen LogP contribution >= 0.6 is 0 Å². The van der Waals surface area contributed by atoms with Gasteiger partial charge in [0.05, 0.1) is 17.8 Å². The van der Waals surface area contributed by atoms with E-state index in [-0.39, 0.29) is 18.3 Å². The number of hydrogen-bond acceptors (Lipinski definition) is 3. The van der Waals surface area contributed by atoms with Crippen LogP contribution in [0.4, 0.5) is 0 Å². The van der Waals surface area contributed by atoms with Crippen molar-refractivity contribution >= 4 is 12.6 Å². The van der Waals surface area contributed by atoms with Gasteiger partial charge < -0.3 is 14.0 Å². The van der Waals surface area contributed by atoms with Crippen LogP contribution in [-0.2, 0) is 9.31 Å². The highest BCUT2D eigenvalue weighted by Gasteiger charge is 2.51. The van der Waals surface area contributed by atoms with Gasteiger partial charge in [0, 0.05) is 0 Å². The zero-order chi connectivity index (χ0) is 21.9. The van der Waals surface area contributed by atoms with Crippen molar-refractivity contribution in [1.29, 1.82) is 0 Å². The first-order chi connectivity index (χ1) is 14.1. The average Bonchev–Trinajstić information content (AvgIpc) is 2.90. The van der Waals surface area contributed by atoms with Crippen molar-refractivity contribution in [3.05, 3.63) is 23.3 Å². The van der Waals surface area contributed by atoms with Crippen molar-refractivity contribution < 1.29 is 14.0 Å². The molecule has 3 nitrogen and oxygen atoms in total. The van der Waals surface area contributed by atoms with Crippen LogP contribution < -0.4 is 10.2 Å². The molecule has 1 aromatic carbocycles. The Balaban J connectivity index is 1.55. The van der Waals surface area contributed by atoms with Crippen molar-refractivity contribution in [3.8, 4) is 5.75 Å². The smallest absolute Gasteiger partial charge is 0.493 e. The highest BCUT2D eigenvalue weighted by atomic mass is 16.7. The molecule has 30 heavy (non-hydrogen) atoms. The van der Waals surface area contributed by atoms with Crippen molar-refractivity contribution in [1.82, 2.24) is 0 Å². The SMILES string of the molecule is CCCCCC1CCC(COc2c(C)cc(B3OC(C)(C)C(C)(C)O3)cc2C)CC1. The molecule has 0 atom stereocenters. The molecule has 1 heterocycles. The topological polar surface area (TPSA) is 27.7 Å². The molecule has 168 valence electrons. The third kappa shape index (κ3) is 5.43. The summed E-state index contributed by atoms with van der Waals surface area (Å²) in [5.41, 5.74) is 2.80. The minimum atomic E-state index is -0.315. The molecule has 0 aromatic heterocycles. The van der Waals surface area contributed by atoms with Gasteiger partial charge in [0.1, 0.15) is 5.75 Å². The molecule has 0 unspecified atom stereocenters. The van der Waals surface area contributed by atoms with Crippen LogP contribution in [0.2, 0.25) is 0 Å². The molecule has 0 radical (unpaired) electrons. The lowest BCUT2D eigenvalue weighted by atomic mass is 9.77. The van der Waals surface area contributed by atoms with E-state index in [9.17, 15) is 0 Å². The lowest BCUT2D eigenvalue weighted by Crippen LogP contribution is -2.41. The lowest BCUT2D eigenvalue weighted by Gasteiger charge is -2.32. The molecule has 0 bridgehead atoms. The molecule has 4 heteroatoms. The van der Waals surface area contributed by atoms with Gasteiger partial charge in [-0.1, -0.05) is 57.6 Å². The molecule has 1 aliphatic heterocycles. The Hall–Kier alpha value is -0.995. The van der Waals surface area contributed by atoms with Gasteiger partial charge in [0.2, 0.25) is 0 Å². The summed E-state index contributed by atoms with van der Waals surface area (Å²) in [5, 5.41) is 0. The van der Waals surface area contributed by atoms with Crippen LogP contribution in [0.1, 0.15) is 97.1 Å². The molecule has 0 N–H and O–H groups in total. The second-order valence-corrected chi connectivity index (χ2v) is 10.8. The number of hydrogen-bond donors (Lipinski definition) is 0. The first kappa shape index (κ1) is 23.7. The normalized spacial score (nSPS) is 25.5. The van der Waals surface area contributed by atoms with E-state index in [4.69, 9.17) is 14.0 Å². The monoisotopic (exact) mass is 414 g/mol. The van der Waals surface area contributed by atoms with E-state index in [0.717, 1.165) is 23.7 Å². The van der Waals surface area contributed by atoms with E-state index in [1.54, 1.807) is 0 Å². The van der Waals surface area contributed by atoms with Gasteiger partial charge in [-0.25, -0.2) is 0 Å². The summed E-state index contributed by atoms with van der Waals surface area (Å²) in [4.78, 5) is 0. The van der Waals surface area contributed by atoms with Gasteiger partial charge in [-0.3, -0.25) is 0 Å². The highest BCUT2D eigenvalue weighted by molar-refractivity contribution is 6.62. The standard InChI is InChI=1S/C26H43BO3/c1-8-9-10-11-21-12-14-22(15-13-21)18-28-24-19(2)16-23(17-20(24)3)27-29-25(4,5)26(6,7)30-27/h16-17,21-22H,8-15,18H2,1-7H3. The van der Waals surface area contributed by atoms with Crippen LogP contribution in [0, 0.1) is 25.7 Å². The fourth-order valence-corrected chi connectivity index (χ4v) is 4.90. The second kappa shape index (κ2) is 9.65. The zero-order valence-corrected chi connectivity index (χ0v) is 20.5. The number of rotatable bonds is 8. The Bertz CT molecular complexity index is 665. The summed E-state index contributed by atoms with van der Waals surface area (Å²) in [6.07, 6.45) is 11.0. The van der Waals surface area contributed by atoms with Gasteiger partial charge in [-0.2, -0.15) is 0 Å². The molecular formula is C26H43BO3. The van der Waals surface area contributed by atoms with Crippen molar-refractivity contribution in [2.24, 2.45) is 11.8 Å². The molecular weight excluding hydrogens is 371 g/mol. The number of ether oxygens (including phenoxy) is 1. The van der Waals surface area contributed by atoms with Gasteiger partial charge in [0.25, 0.3) is 0 Å². The van der Waals surface area contributed by atoms with E-state index in [1.165, 1.54) is 62.5 Å². The molecule has 0 spiro atoms. The minimum Gasteiger partial charge on any atom is -0.493 e. The highest BCUT2D eigenvalue weighted by Crippen LogP contribution is 2.37. The van der Waals surface area contributed by atoms with E-state index in [0.29, 0.717) is 5.92 Å². The fourth-order valence-electron chi connectivity index (χ4n) is 4.90. The zero-order valence-electron chi connectivity index (χ0n) is 20.5. The summed E-state index contributed by atoms with van der Waals surface area (Å²) in [5.74, 6) is 2.70. The van der Waals surface area contributed by atoms with Crippen LogP contribution in [0.5, 0.6) is 5.75 Å². The maximum Gasteiger partial charge on any atom is 0.494 e. The largest absolute Gasteiger partial charge is 0.494 e. The summed E-state index contributed by atoms with van der Waals surface area (Å²) < 4.78 is 18.8. The molecule has 1 aliphatic carbocycles. The number of aryl methyl sites for hydroxylation is 2. The first-order valence-corrected chi connectivity index (χ1v) is 12.2. The van der Waals surface area contributed by atoms with Crippen LogP contribution in [0.15, 0.2) is 12.1 Å². The Labute approximate surface area is 185 Å². The number of benzene rings is 1. The van der Waals surface area contributed by atoms with Gasteiger partial charge >= 0.3 is 7.12 Å². The van der Waals surface area contributed by atoms with Crippen molar-refractivity contribution in [3.63, 3.8) is 0 Å². The minimum absolute atomic E-state index is 0.315. The summed E-state index contributed by atoms with van der Waals surface area (Å²) in [6.45, 7) is 15.8. The Kier molecular flexibility index (Phi) is 7.61. The van der Waals surface area contributed by atoms with Crippen LogP contribution in [-0.4, -0.2) is 24.9 Å². The van der Waals surface area contributed by atoms with Crippen LogP contribution in [0.3, 0.4) is 0 Å². The average molecular weight is 414 g/mol.